The van der Waals surface area contributed by atoms with E-state index < -0.39 is 16.9 Å². The fourth-order valence-corrected chi connectivity index (χ4v) is 6.90. The van der Waals surface area contributed by atoms with Gasteiger partial charge in [-0.15, -0.1) is 0 Å². The molecule has 0 amide bonds. The topological polar surface area (TPSA) is 218 Å². The number of hydrogen-bond donors (Lipinski definition) is 3. The highest BCUT2D eigenvalue weighted by atomic mass is 35.5. The molecule has 15 nitrogen and oxygen atoms in total. The van der Waals surface area contributed by atoms with Crippen molar-refractivity contribution in [2.75, 3.05) is 16.4 Å². The summed E-state index contributed by atoms with van der Waals surface area (Å²) < 4.78 is 15.2. The van der Waals surface area contributed by atoms with Gasteiger partial charge in [0.05, 0.1) is 16.2 Å². The number of fused-ring (bicyclic) bond motifs is 3. The van der Waals surface area contributed by atoms with Crippen molar-refractivity contribution in [1.82, 2.24) is 29.9 Å². The Kier molecular flexibility index (Phi) is 16.0. The molecule has 0 atom stereocenters. The molecule has 0 aliphatic heterocycles. The van der Waals surface area contributed by atoms with Gasteiger partial charge in [0.1, 0.15) is 16.8 Å². The molecule has 6 aromatic heterocycles. The van der Waals surface area contributed by atoms with Crippen LogP contribution in [0.3, 0.4) is 0 Å². The fourth-order valence-electron chi connectivity index (χ4n) is 6.09. The van der Waals surface area contributed by atoms with Gasteiger partial charge in [0.15, 0.2) is 0 Å². The summed E-state index contributed by atoms with van der Waals surface area (Å²) in [5.74, 6) is 1.05. The van der Waals surface area contributed by atoms with Crippen LogP contribution in [-0.4, -0.2) is 29.9 Å². The number of halogens is 4. The van der Waals surface area contributed by atoms with Crippen molar-refractivity contribution in [2.24, 2.45) is 0 Å². The van der Waals surface area contributed by atoms with Crippen molar-refractivity contribution in [3.8, 4) is 0 Å². The van der Waals surface area contributed by atoms with Gasteiger partial charge >= 0.3 is 16.9 Å². The number of nitrogens with one attached hydrogen (secondary N) is 2. The summed E-state index contributed by atoms with van der Waals surface area (Å²) in [4.78, 5) is 58.3. The van der Waals surface area contributed by atoms with Crippen molar-refractivity contribution in [3.63, 3.8) is 0 Å². The number of rotatable bonds is 7. The van der Waals surface area contributed by atoms with Crippen LogP contribution >= 0.6 is 46.4 Å². The second kappa shape index (κ2) is 21.9. The quantitative estimate of drug-likeness (QED) is 0.0769. The molecular weight excluding hydrogens is 904 g/mol. The average Bonchev–Trinajstić information content (AvgIpc) is 3.26. The number of hydrogen-bond acceptors (Lipinski definition) is 15. The van der Waals surface area contributed by atoms with Crippen LogP contribution in [0.2, 0.25) is 21.0 Å². The Morgan fingerprint density at radius 2 is 0.797 bits per heavy atom. The van der Waals surface area contributed by atoms with E-state index in [1.165, 1.54) is 18.2 Å². The van der Waals surface area contributed by atoms with E-state index in [2.05, 4.69) is 40.5 Å². The highest BCUT2D eigenvalue weighted by molar-refractivity contribution is 6.35. The highest BCUT2D eigenvalue weighted by Crippen LogP contribution is 2.29. The van der Waals surface area contributed by atoms with Gasteiger partial charge in [-0.3, -0.25) is 0 Å². The summed E-state index contributed by atoms with van der Waals surface area (Å²) in [7, 11) is 0. The number of para-hydroxylation sites is 3. The third-order valence-corrected chi connectivity index (χ3v) is 9.73. The van der Waals surface area contributed by atoms with E-state index in [1.807, 2.05) is 112 Å². The molecule has 9 aromatic rings. The number of aromatic nitrogens is 6. The molecule has 0 aliphatic carbocycles. The Bertz CT molecular complexity index is 3070. The van der Waals surface area contributed by atoms with Gasteiger partial charge in [0.25, 0.3) is 0 Å². The van der Waals surface area contributed by atoms with Crippen molar-refractivity contribution in [3.05, 3.63) is 178 Å². The molecule has 0 saturated heterocycles. The molecule has 0 aliphatic rings. The first-order valence-corrected chi connectivity index (χ1v) is 21.0. The maximum absolute atomic E-state index is 11.6. The predicted molar refractivity (Wildman–Crippen MR) is 253 cm³/mol. The monoisotopic (exact) mass is 939 g/mol. The third-order valence-electron chi connectivity index (χ3n) is 8.95. The molecule has 0 fully saturated rings. The summed E-state index contributed by atoms with van der Waals surface area (Å²) in [6.45, 7) is 5.81. The van der Waals surface area contributed by atoms with Crippen LogP contribution in [0.4, 0.5) is 28.7 Å². The van der Waals surface area contributed by atoms with E-state index in [4.69, 9.17) is 65.4 Å². The summed E-state index contributed by atoms with van der Waals surface area (Å²) in [5.41, 5.74) is 9.45. The number of nitrogens with zero attached hydrogens (tertiary/aromatic N) is 6. The second-order valence-corrected chi connectivity index (χ2v) is 14.6. The van der Waals surface area contributed by atoms with Crippen molar-refractivity contribution < 1.29 is 13.3 Å². The lowest BCUT2D eigenvalue weighted by Crippen LogP contribution is -2.05. The first-order chi connectivity index (χ1) is 30.8. The zero-order valence-electron chi connectivity index (χ0n) is 34.2. The number of nitrogen functional groups attached to an aromatic ring is 1. The predicted octanol–water partition coefficient (Wildman–Crippen LogP) is 10.8. The first kappa shape index (κ1) is 46.6. The van der Waals surface area contributed by atoms with Gasteiger partial charge in [-0.1, -0.05) is 87.0 Å². The van der Waals surface area contributed by atoms with Gasteiger partial charge < -0.3 is 29.6 Å². The van der Waals surface area contributed by atoms with Crippen molar-refractivity contribution in [1.29, 1.82) is 0 Å². The van der Waals surface area contributed by atoms with Crippen LogP contribution in [0.25, 0.3) is 33.3 Å². The fraction of sp³-hybridized carbons (Fsp3) is 0.133. The van der Waals surface area contributed by atoms with Crippen LogP contribution in [0.1, 0.15) is 37.5 Å². The normalized spacial score (nSPS) is 10.5. The van der Waals surface area contributed by atoms with Gasteiger partial charge in [-0.2, -0.15) is 24.9 Å². The number of benzene rings is 3. The molecule has 0 spiro atoms. The Labute approximate surface area is 384 Å². The van der Waals surface area contributed by atoms with Crippen LogP contribution in [-0.2, 0) is 19.3 Å². The lowest BCUT2D eigenvalue weighted by Gasteiger charge is -2.10. The van der Waals surface area contributed by atoms with E-state index in [0.717, 1.165) is 33.8 Å². The Morgan fingerprint density at radius 3 is 1.14 bits per heavy atom. The van der Waals surface area contributed by atoms with E-state index >= 15 is 0 Å². The number of nitrogens with two attached hydrogens (primary N) is 1. The Hall–Kier alpha value is -6.91. The maximum atomic E-state index is 11.6. The average molecular weight is 942 g/mol. The SMILES string of the molecule is CCc1cc(=O)oc2nc(Cl)nc(Cl)c12.CCc1cc(=O)oc2nc(Cl)nc(Nc3ccccc3)c12.CCc1cc(=O)oc2nc(Cl)nc(Nc3ccccc3)c12.Nc1ccccc1. The van der Waals surface area contributed by atoms with Gasteiger partial charge in [-0.05, 0) is 107 Å². The van der Waals surface area contributed by atoms with Crippen molar-refractivity contribution >= 4 is 108 Å². The van der Waals surface area contributed by atoms with Crippen molar-refractivity contribution in [2.45, 2.75) is 40.0 Å². The Balaban J connectivity index is 0.000000150. The van der Waals surface area contributed by atoms with Crippen LogP contribution in [0.15, 0.2) is 137 Å². The molecule has 0 bridgehead atoms. The lowest BCUT2D eigenvalue weighted by atomic mass is 10.1. The first-order valence-electron chi connectivity index (χ1n) is 19.5. The zero-order valence-corrected chi connectivity index (χ0v) is 37.3. The smallest absolute Gasteiger partial charge is 0.337 e. The molecule has 0 radical (unpaired) electrons. The van der Waals surface area contributed by atoms with Crippen LogP contribution in [0.5, 0.6) is 0 Å². The molecule has 4 N–H and O–H groups in total. The Morgan fingerprint density at radius 1 is 0.469 bits per heavy atom. The summed E-state index contributed by atoms with van der Waals surface area (Å²) in [5, 5.41) is 8.47. The minimum atomic E-state index is -0.467. The largest absolute Gasteiger partial charge is 0.403 e. The van der Waals surface area contributed by atoms with Gasteiger partial charge in [0.2, 0.25) is 33.0 Å². The maximum Gasteiger partial charge on any atom is 0.337 e. The molecular formula is C45H37Cl4N9O6. The molecule has 19 heteroatoms. The summed E-state index contributed by atoms with van der Waals surface area (Å²) >= 11 is 23.3. The highest BCUT2D eigenvalue weighted by Gasteiger charge is 2.16. The molecule has 326 valence electrons. The van der Waals surface area contributed by atoms with Gasteiger partial charge in [-0.25, -0.2) is 19.4 Å². The lowest BCUT2D eigenvalue weighted by molar-refractivity contribution is 0.546. The second-order valence-electron chi connectivity index (χ2n) is 13.2. The molecule has 6 heterocycles. The minimum Gasteiger partial charge on any atom is -0.403 e. The molecule has 0 saturated carbocycles. The summed E-state index contributed by atoms with van der Waals surface area (Å²) in [6.07, 6.45) is 1.97. The molecule has 64 heavy (non-hydrogen) atoms. The molecule has 9 rings (SSSR count). The van der Waals surface area contributed by atoms with Crippen LogP contribution in [0, 0.1) is 0 Å². The van der Waals surface area contributed by atoms with E-state index in [9.17, 15) is 14.4 Å². The minimum absolute atomic E-state index is 0.0253. The van der Waals surface area contributed by atoms with E-state index in [0.29, 0.717) is 47.1 Å². The van der Waals surface area contributed by atoms with Crippen LogP contribution < -0.4 is 33.2 Å². The number of aryl methyl sites for hydroxylation is 3. The standard InChI is InChI=1S/2C15H12ClN3O2.C9H6Cl2N2O2.C6H7N/c2*1-2-9-8-11(20)21-14-12(9)13(18-15(16)19-14)17-10-6-4-3-5-7-10;1-2-4-3-5(14)15-8-6(4)7(10)12-9(11)13-8;7-6-4-2-1-3-5-6/h2*3-8H,2H2,1H3,(H,17,18,19);3H,2H2,1H3;1-5H,7H2. The number of anilines is 5. The molecule has 0 unspecified atom stereocenters. The summed E-state index contributed by atoms with van der Waals surface area (Å²) in [6, 6.07) is 32.9. The van der Waals surface area contributed by atoms with Gasteiger partial charge in [0, 0.05) is 35.3 Å². The zero-order chi connectivity index (χ0) is 45.8. The van der Waals surface area contributed by atoms with E-state index in [-0.39, 0.29) is 38.1 Å². The third kappa shape index (κ3) is 12.2. The molecule has 3 aromatic carbocycles. The van der Waals surface area contributed by atoms with E-state index in [1.54, 1.807) is 0 Å².